The summed E-state index contributed by atoms with van der Waals surface area (Å²) in [6, 6.07) is 2.00. The van der Waals surface area contributed by atoms with E-state index < -0.39 is 0 Å². The standard InChI is InChI=1S/C14H20N2O3/c1-2-18-14(17)11-9-10(11)12-6-7-15-16(12)13-5-3-4-8-19-13/h6-7,10-11,13H,2-5,8-9H2,1H3/t10-,11-,13?/m0/s1. The third-order valence-electron chi connectivity index (χ3n) is 3.89. The van der Waals surface area contributed by atoms with Gasteiger partial charge in [-0.2, -0.15) is 5.10 Å². The molecular formula is C14H20N2O3. The summed E-state index contributed by atoms with van der Waals surface area (Å²) in [6.07, 6.45) is 6.02. The van der Waals surface area contributed by atoms with Crippen LogP contribution in [-0.2, 0) is 14.3 Å². The lowest BCUT2D eigenvalue weighted by atomic mass is 10.1. The van der Waals surface area contributed by atoms with Gasteiger partial charge in [0.2, 0.25) is 0 Å². The van der Waals surface area contributed by atoms with Gasteiger partial charge in [0.1, 0.15) is 6.23 Å². The van der Waals surface area contributed by atoms with Crippen LogP contribution < -0.4 is 0 Å². The summed E-state index contributed by atoms with van der Waals surface area (Å²) in [5.41, 5.74) is 1.12. The van der Waals surface area contributed by atoms with Crippen molar-refractivity contribution in [3.8, 4) is 0 Å². The second-order valence-electron chi connectivity index (χ2n) is 5.22. The van der Waals surface area contributed by atoms with Crippen LogP contribution in [0.5, 0.6) is 0 Å². The summed E-state index contributed by atoms with van der Waals surface area (Å²) in [5, 5.41) is 4.38. The molecule has 5 nitrogen and oxygen atoms in total. The van der Waals surface area contributed by atoms with Crippen LogP contribution in [0.15, 0.2) is 12.3 Å². The quantitative estimate of drug-likeness (QED) is 0.783. The van der Waals surface area contributed by atoms with Gasteiger partial charge in [-0.3, -0.25) is 4.79 Å². The summed E-state index contributed by atoms with van der Waals surface area (Å²) in [6.45, 7) is 3.10. The normalized spacial score (nSPS) is 30.1. The first-order chi connectivity index (χ1) is 9.31. The minimum Gasteiger partial charge on any atom is -0.466 e. The molecule has 2 aliphatic rings. The highest BCUT2D eigenvalue weighted by Crippen LogP contribution is 2.48. The Morgan fingerprint density at radius 3 is 3.21 bits per heavy atom. The van der Waals surface area contributed by atoms with Crippen LogP contribution in [0.2, 0.25) is 0 Å². The van der Waals surface area contributed by atoms with Gasteiger partial charge < -0.3 is 9.47 Å². The topological polar surface area (TPSA) is 53.3 Å². The second-order valence-corrected chi connectivity index (χ2v) is 5.22. The molecule has 19 heavy (non-hydrogen) atoms. The number of ether oxygens (including phenoxy) is 2. The van der Waals surface area contributed by atoms with Gasteiger partial charge in [0.25, 0.3) is 0 Å². The fourth-order valence-corrected chi connectivity index (χ4v) is 2.81. The SMILES string of the molecule is CCOC(=O)[C@H]1C[C@@H]1c1ccnn1C1CCCCO1. The summed E-state index contributed by atoms with van der Waals surface area (Å²) in [7, 11) is 0. The van der Waals surface area contributed by atoms with Gasteiger partial charge in [0, 0.05) is 24.4 Å². The number of hydrogen-bond acceptors (Lipinski definition) is 4. The molecule has 3 rings (SSSR count). The molecule has 1 unspecified atom stereocenters. The molecule has 0 aromatic carbocycles. The number of aromatic nitrogens is 2. The molecule has 3 atom stereocenters. The Kier molecular flexibility index (Phi) is 3.55. The Morgan fingerprint density at radius 1 is 1.58 bits per heavy atom. The van der Waals surface area contributed by atoms with Crippen LogP contribution in [0.4, 0.5) is 0 Å². The van der Waals surface area contributed by atoms with Crippen LogP contribution in [0.1, 0.15) is 50.4 Å². The van der Waals surface area contributed by atoms with E-state index in [0.717, 1.165) is 31.6 Å². The fourth-order valence-electron chi connectivity index (χ4n) is 2.81. The minimum absolute atomic E-state index is 0.0130. The number of hydrogen-bond donors (Lipinski definition) is 0. The van der Waals surface area contributed by atoms with Crippen LogP contribution in [0.25, 0.3) is 0 Å². The van der Waals surface area contributed by atoms with E-state index in [-0.39, 0.29) is 24.0 Å². The molecule has 1 aromatic heterocycles. The largest absolute Gasteiger partial charge is 0.466 e. The molecule has 0 bridgehead atoms. The van der Waals surface area contributed by atoms with Gasteiger partial charge in [0.15, 0.2) is 0 Å². The predicted octanol–water partition coefficient (Wildman–Crippen LogP) is 2.25. The smallest absolute Gasteiger partial charge is 0.309 e. The first-order valence-corrected chi connectivity index (χ1v) is 7.13. The summed E-state index contributed by atoms with van der Waals surface area (Å²) in [4.78, 5) is 11.7. The van der Waals surface area contributed by atoms with Crippen molar-refractivity contribution in [3.05, 3.63) is 18.0 Å². The van der Waals surface area contributed by atoms with Crippen molar-refractivity contribution in [2.75, 3.05) is 13.2 Å². The van der Waals surface area contributed by atoms with E-state index in [9.17, 15) is 4.79 Å². The first-order valence-electron chi connectivity index (χ1n) is 7.13. The van der Waals surface area contributed by atoms with Crippen molar-refractivity contribution in [1.29, 1.82) is 0 Å². The number of nitrogens with zero attached hydrogens (tertiary/aromatic N) is 2. The zero-order valence-corrected chi connectivity index (χ0v) is 11.2. The third-order valence-corrected chi connectivity index (χ3v) is 3.89. The highest BCUT2D eigenvalue weighted by molar-refractivity contribution is 5.77. The molecule has 0 amide bonds. The Hall–Kier alpha value is -1.36. The van der Waals surface area contributed by atoms with Crippen molar-refractivity contribution in [1.82, 2.24) is 9.78 Å². The molecule has 2 heterocycles. The summed E-state index contributed by atoms with van der Waals surface area (Å²) >= 11 is 0. The van der Waals surface area contributed by atoms with Gasteiger partial charge in [0.05, 0.1) is 12.5 Å². The van der Waals surface area contributed by atoms with Crippen molar-refractivity contribution in [2.24, 2.45) is 5.92 Å². The molecule has 1 aromatic rings. The lowest BCUT2D eigenvalue weighted by molar-refractivity contribution is -0.144. The van der Waals surface area contributed by atoms with Gasteiger partial charge in [-0.15, -0.1) is 0 Å². The monoisotopic (exact) mass is 264 g/mol. The van der Waals surface area contributed by atoms with Crippen LogP contribution in [0, 0.1) is 5.92 Å². The number of carbonyl (C=O) groups excluding carboxylic acids is 1. The Balaban J connectivity index is 1.69. The second kappa shape index (κ2) is 5.33. The van der Waals surface area contributed by atoms with Crippen LogP contribution in [-0.4, -0.2) is 29.0 Å². The molecular weight excluding hydrogens is 244 g/mol. The van der Waals surface area contributed by atoms with Crippen molar-refractivity contribution in [3.63, 3.8) is 0 Å². The van der Waals surface area contributed by atoms with E-state index in [1.807, 2.05) is 17.7 Å². The lowest BCUT2D eigenvalue weighted by Crippen LogP contribution is -2.21. The molecule has 104 valence electrons. The maximum absolute atomic E-state index is 11.7. The van der Waals surface area contributed by atoms with Crippen molar-refractivity contribution in [2.45, 2.75) is 44.8 Å². The Labute approximate surface area is 112 Å². The van der Waals surface area contributed by atoms with E-state index in [1.54, 1.807) is 6.20 Å². The van der Waals surface area contributed by atoms with Gasteiger partial charge in [-0.05, 0) is 38.7 Å². The fraction of sp³-hybridized carbons (Fsp3) is 0.714. The highest BCUT2D eigenvalue weighted by Gasteiger charge is 2.47. The van der Waals surface area contributed by atoms with E-state index in [1.165, 1.54) is 6.42 Å². The zero-order valence-electron chi connectivity index (χ0n) is 11.2. The maximum atomic E-state index is 11.7. The molecule has 5 heteroatoms. The lowest BCUT2D eigenvalue weighted by Gasteiger charge is -2.24. The van der Waals surface area contributed by atoms with Crippen LogP contribution in [0.3, 0.4) is 0 Å². The highest BCUT2D eigenvalue weighted by atomic mass is 16.5. The van der Waals surface area contributed by atoms with E-state index >= 15 is 0 Å². The Morgan fingerprint density at radius 2 is 2.47 bits per heavy atom. The van der Waals surface area contributed by atoms with E-state index in [4.69, 9.17) is 9.47 Å². The molecule has 1 saturated heterocycles. The van der Waals surface area contributed by atoms with Crippen LogP contribution >= 0.6 is 0 Å². The van der Waals surface area contributed by atoms with E-state index in [2.05, 4.69) is 5.10 Å². The molecule has 1 aliphatic heterocycles. The Bertz CT molecular complexity index is 451. The van der Waals surface area contributed by atoms with Gasteiger partial charge in [-0.25, -0.2) is 4.68 Å². The number of rotatable bonds is 4. The number of esters is 1. The molecule has 0 radical (unpaired) electrons. The van der Waals surface area contributed by atoms with Crippen molar-refractivity contribution >= 4 is 5.97 Å². The average molecular weight is 264 g/mol. The first kappa shape index (κ1) is 12.7. The van der Waals surface area contributed by atoms with E-state index in [0.29, 0.717) is 6.61 Å². The minimum atomic E-state index is -0.0789. The molecule has 1 aliphatic carbocycles. The summed E-state index contributed by atoms with van der Waals surface area (Å²) < 4.78 is 12.8. The number of carbonyl (C=O) groups is 1. The predicted molar refractivity (Wildman–Crippen MR) is 68.5 cm³/mol. The maximum Gasteiger partial charge on any atom is 0.309 e. The van der Waals surface area contributed by atoms with Gasteiger partial charge in [-0.1, -0.05) is 0 Å². The van der Waals surface area contributed by atoms with Gasteiger partial charge >= 0.3 is 5.97 Å². The molecule has 1 saturated carbocycles. The molecule has 2 fully saturated rings. The average Bonchev–Trinajstić information content (AvgIpc) is 3.09. The summed E-state index contributed by atoms with van der Waals surface area (Å²) in [5.74, 6) is 0.191. The third kappa shape index (κ3) is 2.52. The van der Waals surface area contributed by atoms with Crippen molar-refractivity contribution < 1.29 is 14.3 Å². The molecule has 0 spiro atoms. The zero-order chi connectivity index (χ0) is 13.2. The molecule has 0 N–H and O–H groups in total.